The minimum Gasteiger partial charge on any atom is -0.466 e. The predicted molar refractivity (Wildman–Crippen MR) is 94.3 cm³/mol. The summed E-state index contributed by atoms with van der Waals surface area (Å²) in [5.41, 5.74) is 0. The van der Waals surface area contributed by atoms with E-state index in [1.807, 2.05) is 13.8 Å². The molecule has 136 valence electrons. The van der Waals surface area contributed by atoms with Crippen LogP contribution in [0.15, 0.2) is 0 Å². The van der Waals surface area contributed by atoms with E-state index in [0.29, 0.717) is 24.0 Å². The van der Waals surface area contributed by atoms with E-state index in [1.54, 1.807) is 0 Å². The molecule has 9 heteroatoms. The number of aromatic nitrogens is 2. The SMILES string of the molecule is COc1nsc(NC(=O)N[C@@H](CC(C)C)C(=O)NCCC(C)C)n1. The lowest BCUT2D eigenvalue weighted by molar-refractivity contribution is -0.123. The molecule has 0 spiro atoms. The van der Waals surface area contributed by atoms with Crippen LogP contribution < -0.4 is 20.7 Å². The van der Waals surface area contributed by atoms with Gasteiger partial charge in [0.15, 0.2) is 0 Å². The summed E-state index contributed by atoms with van der Waals surface area (Å²) in [6, 6.07) is -0.883. The molecule has 0 unspecified atom stereocenters. The fourth-order valence-electron chi connectivity index (χ4n) is 1.95. The first-order valence-corrected chi connectivity index (χ1v) is 8.82. The minimum atomic E-state index is -0.591. The summed E-state index contributed by atoms with van der Waals surface area (Å²) in [6.45, 7) is 8.80. The van der Waals surface area contributed by atoms with Crippen molar-refractivity contribution in [2.75, 3.05) is 19.0 Å². The maximum atomic E-state index is 12.3. The van der Waals surface area contributed by atoms with Crippen LogP contribution in [0.3, 0.4) is 0 Å². The monoisotopic (exact) mass is 357 g/mol. The van der Waals surface area contributed by atoms with Gasteiger partial charge in [-0.1, -0.05) is 27.7 Å². The number of nitrogens with one attached hydrogen (secondary N) is 3. The molecular formula is C15H27N5O3S. The molecule has 24 heavy (non-hydrogen) atoms. The lowest BCUT2D eigenvalue weighted by atomic mass is 10.0. The van der Waals surface area contributed by atoms with Crippen LogP contribution in [-0.2, 0) is 4.79 Å². The maximum Gasteiger partial charge on any atom is 0.329 e. The fourth-order valence-corrected chi connectivity index (χ4v) is 2.48. The molecule has 0 aliphatic heterocycles. The van der Waals surface area contributed by atoms with Gasteiger partial charge in [-0.3, -0.25) is 10.1 Å². The van der Waals surface area contributed by atoms with Crippen molar-refractivity contribution >= 4 is 28.6 Å². The van der Waals surface area contributed by atoms with Crippen molar-refractivity contribution in [1.82, 2.24) is 20.0 Å². The molecule has 0 aromatic carbocycles. The molecule has 0 saturated carbocycles. The number of methoxy groups -OCH3 is 1. The Bertz CT molecular complexity index is 533. The van der Waals surface area contributed by atoms with Crippen LogP contribution in [0.1, 0.15) is 40.5 Å². The molecule has 1 aromatic heterocycles. The fraction of sp³-hybridized carbons (Fsp3) is 0.733. The molecule has 1 heterocycles. The first-order valence-electron chi connectivity index (χ1n) is 8.04. The summed E-state index contributed by atoms with van der Waals surface area (Å²) >= 11 is 1.01. The first-order chi connectivity index (χ1) is 11.3. The maximum absolute atomic E-state index is 12.3. The van der Waals surface area contributed by atoms with Crippen LogP contribution in [0.25, 0.3) is 0 Å². The summed E-state index contributed by atoms with van der Waals surface area (Å²) in [4.78, 5) is 28.3. The second-order valence-corrected chi connectivity index (χ2v) is 7.09. The topological polar surface area (TPSA) is 105 Å². The number of urea groups is 1. The number of ether oxygens (including phenoxy) is 1. The lowest BCUT2D eigenvalue weighted by Crippen LogP contribution is -2.49. The third-order valence-electron chi connectivity index (χ3n) is 3.16. The molecular weight excluding hydrogens is 330 g/mol. The molecule has 0 radical (unpaired) electrons. The molecule has 3 amide bonds. The Morgan fingerprint density at radius 1 is 1.21 bits per heavy atom. The van der Waals surface area contributed by atoms with Gasteiger partial charge in [-0.05, 0) is 24.7 Å². The van der Waals surface area contributed by atoms with Crippen molar-refractivity contribution in [3.8, 4) is 6.01 Å². The average Bonchev–Trinajstić information content (AvgIpc) is 2.93. The Balaban J connectivity index is 2.56. The largest absolute Gasteiger partial charge is 0.466 e. The van der Waals surface area contributed by atoms with E-state index >= 15 is 0 Å². The number of carbonyl (C=O) groups is 2. The van der Waals surface area contributed by atoms with Crippen molar-refractivity contribution in [3.63, 3.8) is 0 Å². The summed E-state index contributed by atoms with van der Waals surface area (Å²) in [6.07, 6.45) is 1.46. The van der Waals surface area contributed by atoms with E-state index < -0.39 is 12.1 Å². The van der Waals surface area contributed by atoms with Gasteiger partial charge in [0.1, 0.15) is 6.04 Å². The van der Waals surface area contributed by atoms with Crippen LogP contribution in [0.4, 0.5) is 9.93 Å². The van der Waals surface area contributed by atoms with Crippen molar-refractivity contribution in [2.45, 2.75) is 46.6 Å². The van der Waals surface area contributed by atoms with E-state index in [1.165, 1.54) is 7.11 Å². The van der Waals surface area contributed by atoms with Gasteiger partial charge in [0.05, 0.1) is 7.11 Å². The Hall–Kier alpha value is -1.90. The second kappa shape index (κ2) is 10.1. The molecule has 1 atom stereocenters. The van der Waals surface area contributed by atoms with E-state index in [2.05, 4.69) is 39.2 Å². The second-order valence-electron chi connectivity index (χ2n) is 6.34. The molecule has 0 aliphatic rings. The van der Waals surface area contributed by atoms with Crippen LogP contribution in [0.2, 0.25) is 0 Å². The Morgan fingerprint density at radius 3 is 2.46 bits per heavy atom. The lowest BCUT2D eigenvalue weighted by Gasteiger charge is -2.20. The highest BCUT2D eigenvalue weighted by atomic mass is 32.1. The van der Waals surface area contributed by atoms with Gasteiger partial charge in [0.25, 0.3) is 0 Å². The van der Waals surface area contributed by atoms with Crippen LogP contribution in [0.5, 0.6) is 6.01 Å². The van der Waals surface area contributed by atoms with Gasteiger partial charge in [-0.2, -0.15) is 4.98 Å². The van der Waals surface area contributed by atoms with E-state index in [4.69, 9.17) is 4.74 Å². The standard InChI is InChI=1S/C15H27N5O3S/c1-9(2)6-7-16-12(21)11(8-10(3)4)17-13(22)18-15-19-14(23-5)20-24-15/h9-11H,6-8H2,1-5H3,(H,16,21)(H2,17,18,19,20,22)/t11-/m0/s1. The summed E-state index contributed by atoms with van der Waals surface area (Å²) in [7, 11) is 1.45. The van der Waals surface area contributed by atoms with Gasteiger partial charge in [-0.15, -0.1) is 4.37 Å². The predicted octanol–water partition coefficient (Wildman–Crippen LogP) is 2.25. The molecule has 0 bridgehead atoms. The van der Waals surface area contributed by atoms with E-state index in [-0.39, 0.29) is 17.8 Å². The molecule has 1 rings (SSSR count). The Labute approximate surface area is 146 Å². The molecule has 8 nitrogen and oxygen atoms in total. The zero-order chi connectivity index (χ0) is 18.1. The van der Waals surface area contributed by atoms with Crippen LogP contribution in [0, 0.1) is 11.8 Å². The van der Waals surface area contributed by atoms with E-state index in [9.17, 15) is 9.59 Å². The third-order valence-corrected chi connectivity index (χ3v) is 3.77. The number of hydrogen-bond acceptors (Lipinski definition) is 6. The normalized spacial score (nSPS) is 12.1. The highest BCUT2D eigenvalue weighted by Crippen LogP contribution is 2.15. The highest BCUT2D eigenvalue weighted by Gasteiger charge is 2.22. The Kier molecular flexibility index (Phi) is 8.45. The number of carbonyl (C=O) groups excluding carboxylic acids is 2. The molecule has 3 N–H and O–H groups in total. The average molecular weight is 357 g/mol. The third kappa shape index (κ3) is 7.58. The van der Waals surface area contributed by atoms with Crippen molar-refractivity contribution in [1.29, 1.82) is 0 Å². The van der Waals surface area contributed by atoms with Gasteiger partial charge < -0.3 is 15.4 Å². The molecule has 0 aliphatic carbocycles. The number of hydrogen-bond donors (Lipinski definition) is 3. The van der Waals surface area contributed by atoms with Crippen LogP contribution in [-0.4, -0.2) is 41.0 Å². The first kappa shape index (κ1) is 20.1. The number of rotatable bonds is 9. The highest BCUT2D eigenvalue weighted by molar-refractivity contribution is 7.10. The minimum absolute atomic E-state index is 0.172. The summed E-state index contributed by atoms with van der Waals surface area (Å²) in [5.74, 6) is 0.611. The number of nitrogens with zero attached hydrogens (tertiary/aromatic N) is 2. The zero-order valence-corrected chi connectivity index (χ0v) is 15.7. The van der Waals surface area contributed by atoms with Gasteiger partial charge >= 0.3 is 12.0 Å². The van der Waals surface area contributed by atoms with Gasteiger partial charge in [-0.25, -0.2) is 4.79 Å². The van der Waals surface area contributed by atoms with Crippen molar-refractivity contribution in [3.05, 3.63) is 0 Å². The Morgan fingerprint density at radius 2 is 1.92 bits per heavy atom. The van der Waals surface area contributed by atoms with Crippen LogP contribution >= 0.6 is 11.5 Å². The molecule has 0 fully saturated rings. The quantitative estimate of drug-likeness (QED) is 0.628. The summed E-state index contributed by atoms with van der Waals surface area (Å²) < 4.78 is 8.76. The van der Waals surface area contributed by atoms with Gasteiger partial charge in [0.2, 0.25) is 11.0 Å². The number of amides is 3. The van der Waals surface area contributed by atoms with E-state index in [0.717, 1.165) is 18.0 Å². The molecule has 1 aromatic rings. The smallest absolute Gasteiger partial charge is 0.329 e. The van der Waals surface area contributed by atoms with Crippen molar-refractivity contribution < 1.29 is 14.3 Å². The van der Waals surface area contributed by atoms with Gasteiger partial charge in [0, 0.05) is 18.1 Å². The zero-order valence-electron chi connectivity index (χ0n) is 14.9. The van der Waals surface area contributed by atoms with Crippen molar-refractivity contribution in [2.24, 2.45) is 11.8 Å². The molecule has 0 saturated heterocycles. The number of anilines is 1. The summed E-state index contributed by atoms with van der Waals surface area (Å²) in [5, 5.41) is 8.45.